The van der Waals surface area contributed by atoms with Crippen LogP contribution in [0.2, 0.25) is 0 Å². The topological polar surface area (TPSA) is 50.7 Å². The molecule has 2 rings (SSSR count). The minimum absolute atomic E-state index is 0.340. The van der Waals surface area contributed by atoms with Crippen molar-refractivity contribution in [3.05, 3.63) is 59.7 Å². The fraction of sp³-hybridized carbons (Fsp3) is 0.176. The van der Waals surface area contributed by atoms with E-state index >= 15 is 0 Å². The second-order valence-electron chi connectivity index (χ2n) is 4.89. The lowest BCUT2D eigenvalue weighted by atomic mass is 10.1. The molecule has 0 aliphatic heterocycles. The highest BCUT2D eigenvalue weighted by Gasteiger charge is 2.27. The van der Waals surface area contributed by atoms with Gasteiger partial charge in [0.1, 0.15) is 7.11 Å². The molecule has 0 spiro atoms. The van der Waals surface area contributed by atoms with E-state index < -0.39 is 17.8 Å². The Morgan fingerprint density at radius 2 is 1.88 bits per heavy atom. The number of para-hydroxylation sites is 1. The number of amides is 1. The zero-order valence-corrected chi connectivity index (χ0v) is 14.0. The first kappa shape index (κ1) is 18.9. The first-order valence-electron chi connectivity index (χ1n) is 7.15. The van der Waals surface area contributed by atoms with Crippen LogP contribution in [-0.4, -0.2) is 31.2 Å². The van der Waals surface area contributed by atoms with Gasteiger partial charge in [0.25, 0.3) is 5.91 Å². The van der Waals surface area contributed by atoms with Crippen molar-refractivity contribution < 1.29 is 22.8 Å². The van der Waals surface area contributed by atoms with E-state index in [0.29, 0.717) is 27.9 Å². The molecule has 0 atom stereocenters. The maximum absolute atomic E-state index is 12.4. The summed E-state index contributed by atoms with van der Waals surface area (Å²) < 4.78 is 37.2. The van der Waals surface area contributed by atoms with Crippen molar-refractivity contribution in [1.82, 2.24) is 0 Å². The number of thioether (sulfide) groups is 1. The van der Waals surface area contributed by atoms with E-state index in [1.54, 1.807) is 42.5 Å². The molecule has 0 unspecified atom stereocenters. The predicted molar refractivity (Wildman–Crippen MR) is 92.2 cm³/mol. The minimum atomic E-state index is -4.28. The van der Waals surface area contributed by atoms with Crippen LogP contribution in [0.1, 0.15) is 15.9 Å². The van der Waals surface area contributed by atoms with Gasteiger partial charge in [-0.3, -0.25) is 4.79 Å². The van der Waals surface area contributed by atoms with Gasteiger partial charge in [-0.1, -0.05) is 29.4 Å². The zero-order chi connectivity index (χ0) is 18.3. The summed E-state index contributed by atoms with van der Waals surface area (Å²) in [6.45, 7) is 0. The summed E-state index contributed by atoms with van der Waals surface area (Å²) in [5.74, 6) is -1.43. The Labute approximate surface area is 147 Å². The van der Waals surface area contributed by atoms with E-state index in [1.807, 2.05) is 0 Å². The standard InChI is InChI=1S/C17H15F3N2O2S/c1-24-21-10-12-6-8-13(9-7-12)16(23)22-14-4-2-3-5-15(14)25-11-17(18,19)20/h2-10H,11H2,1H3,(H,22,23)/b21-10+. The monoisotopic (exact) mass is 368 g/mol. The molecule has 2 aromatic rings. The summed E-state index contributed by atoms with van der Waals surface area (Å²) in [4.78, 5) is 17.2. The Morgan fingerprint density at radius 3 is 2.52 bits per heavy atom. The molecule has 0 bridgehead atoms. The number of halogens is 3. The number of hydrogen-bond donors (Lipinski definition) is 1. The third-order valence-corrected chi connectivity index (χ3v) is 4.15. The molecule has 25 heavy (non-hydrogen) atoms. The molecular formula is C17H15F3N2O2S. The average molecular weight is 368 g/mol. The number of carbonyl (C=O) groups is 1. The Kier molecular flexibility index (Phi) is 6.46. The first-order valence-corrected chi connectivity index (χ1v) is 8.14. The van der Waals surface area contributed by atoms with Crippen LogP contribution < -0.4 is 5.32 Å². The van der Waals surface area contributed by atoms with Crippen LogP contribution >= 0.6 is 11.8 Å². The molecule has 0 saturated carbocycles. The van der Waals surface area contributed by atoms with Crippen molar-refractivity contribution in [2.75, 3.05) is 18.2 Å². The third-order valence-electron chi connectivity index (χ3n) is 3.01. The lowest BCUT2D eigenvalue weighted by Crippen LogP contribution is -2.14. The highest BCUT2D eigenvalue weighted by Crippen LogP contribution is 2.32. The first-order chi connectivity index (χ1) is 11.9. The van der Waals surface area contributed by atoms with Crippen LogP contribution in [0, 0.1) is 0 Å². The SMILES string of the molecule is CO/N=C/c1ccc(C(=O)Nc2ccccc2SCC(F)(F)F)cc1. The number of anilines is 1. The second-order valence-corrected chi connectivity index (χ2v) is 5.91. The van der Waals surface area contributed by atoms with Crippen LogP contribution in [0.15, 0.2) is 58.6 Å². The normalized spacial score (nSPS) is 11.5. The Balaban J connectivity index is 2.08. The molecule has 8 heteroatoms. The fourth-order valence-corrected chi connectivity index (χ4v) is 2.65. The van der Waals surface area contributed by atoms with Crippen molar-refractivity contribution in [2.24, 2.45) is 5.16 Å². The van der Waals surface area contributed by atoms with Gasteiger partial charge in [-0.05, 0) is 29.8 Å². The summed E-state index contributed by atoms with van der Waals surface area (Å²) >= 11 is 0.632. The average Bonchev–Trinajstić information content (AvgIpc) is 2.59. The summed E-state index contributed by atoms with van der Waals surface area (Å²) in [6.07, 6.45) is -2.79. The van der Waals surface area contributed by atoms with Gasteiger partial charge in [-0.25, -0.2) is 0 Å². The van der Waals surface area contributed by atoms with Gasteiger partial charge in [-0.2, -0.15) is 13.2 Å². The zero-order valence-electron chi connectivity index (χ0n) is 13.2. The van der Waals surface area contributed by atoms with Crippen LogP contribution in [-0.2, 0) is 4.84 Å². The van der Waals surface area contributed by atoms with E-state index in [-0.39, 0.29) is 0 Å². The number of hydrogen-bond acceptors (Lipinski definition) is 4. The molecule has 0 fully saturated rings. The van der Waals surface area contributed by atoms with Crippen molar-refractivity contribution in [3.8, 4) is 0 Å². The molecule has 0 saturated heterocycles. The van der Waals surface area contributed by atoms with Gasteiger partial charge < -0.3 is 10.2 Å². The van der Waals surface area contributed by atoms with Gasteiger partial charge in [0.15, 0.2) is 0 Å². The Morgan fingerprint density at radius 1 is 1.20 bits per heavy atom. The summed E-state index contributed by atoms with van der Waals surface area (Å²) in [7, 11) is 1.42. The van der Waals surface area contributed by atoms with Crippen LogP contribution in [0.3, 0.4) is 0 Å². The number of carbonyl (C=O) groups excluding carboxylic acids is 1. The molecule has 2 aromatic carbocycles. The molecule has 0 aromatic heterocycles. The Bertz CT molecular complexity index is 746. The summed E-state index contributed by atoms with van der Waals surface area (Å²) in [6, 6.07) is 12.9. The van der Waals surface area contributed by atoms with Crippen molar-refractivity contribution >= 4 is 29.6 Å². The molecule has 0 heterocycles. The molecular weight excluding hydrogens is 353 g/mol. The number of nitrogens with zero attached hydrogens (tertiary/aromatic N) is 1. The number of nitrogens with one attached hydrogen (secondary N) is 1. The highest BCUT2D eigenvalue weighted by molar-refractivity contribution is 7.99. The second kappa shape index (κ2) is 8.57. The van der Waals surface area contributed by atoms with Crippen molar-refractivity contribution in [2.45, 2.75) is 11.1 Å². The van der Waals surface area contributed by atoms with Gasteiger partial charge in [0.2, 0.25) is 0 Å². The van der Waals surface area contributed by atoms with Crippen molar-refractivity contribution in [1.29, 1.82) is 0 Å². The third kappa shape index (κ3) is 6.15. The number of rotatable bonds is 6. The summed E-state index contributed by atoms with van der Waals surface area (Å²) in [5.41, 5.74) is 1.47. The lowest BCUT2D eigenvalue weighted by molar-refractivity contribution is -0.105. The van der Waals surface area contributed by atoms with E-state index in [1.165, 1.54) is 19.4 Å². The molecule has 1 N–H and O–H groups in total. The largest absolute Gasteiger partial charge is 0.399 e. The van der Waals surface area contributed by atoms with E-state index in [9.17, 15) is 18.0 Å². The molecule has 4 nitrogen and oxygen atoms in total. The molecule has 0 aliphatic carbocycles. The number of oxime groups is 1. The predicted octanol–water partition coefficient (Wildman–Crippen LogP) is 4.57. The van der Waals surface area contributed by atoms with Gasteiger partial charge in [0.05, 0.1) is 17.7 Å². The van der Waals surface area contributed by atoms with Gasteiger partial charge >= 0.3 is 6.18 Å². The molecule has 1 amide bonds. The highest BCUT2D eigenvalue weighted by atomic mass is 32.2. The lowest BCUT2D eigenvalue weighted by Gasteiger charge is -2.12. The van der Waals surface area contributed by atoms with Crippen LogP contribution in [0.4, 0.5) is 18.9 Å². The number of alkyl halides is 3. The quantitative estimate of drug-likeness (QED) is 0.461. The number of benzene rings is 2. The van der Waals surface area contributed by atoms with Crippen molar-refractivity contribution in [3.63, 3.8) is 0 Å². The minimum Gasteiger partial charge on any atom is -0.399 e. The Hall–Kier alpha value is -2.48. The smallest absolute Gasteiger partial charge is 0.398 e. The summed E-state index contributed by atoms with van der Waals surface area (Å²) in [5, 5.41) is 6.26. The van der Waals surface area contributed by atoms with E-state index in [0.717, 1.165) is 5.56 Å². The van der Waals surface area contributed by atoms with E-state index in [2.05, 4.69) is 15.3 Å². The molecule has 132 valence electrons. The maximum Gasteiger partial charge on any atom is 0.398 e. The molecule has 0 aliphatic rings. The maximum atomic E-state index is 12.4. The van der Waals surface area contributed by atoms with E-state index in [4.69, 9.17) is 0 Å². The van der Waals surface area contributed by atoms with Crippen LogP contribution in [0.25, 0.3) is 0 Å². The van der Waals surface area contributed by atoms with Crippen LogP contribution in [0.5, 0.6) is 0 Å². The van der Waals surface area contributed by atoms with Gasteiger partial charge in [0, 0.05) is 10.5 Å². The fourth-order valence-electron chi connectivity index (χ4n) is 1.88. The van der Waals surface area contributed by atoms with Gasteiger partial charge in [-0.15, -0.1) is 11.8 Å². The molecule has 0 radical (unpaired) electrons.